The van der Waals surface area contributed by atoms with Gasteiger partial charge in [0.2, 0.25) is 5.88 Å². The van der Waals surface area contributed by atoms with Crippen LogP contribution in [0.25, 0.3) is 0 Å². The quantitative estimate of drug-likeness (QED) is 0.652. The molecule has 7 heteroatoms. The summed E-state index contributed by atoms with van der Waals surface area (Å²) < 4.78 is 10.8. The van der Waals surface area contributed by atoms with Crippen LogP contribution in [0.4, 0.5) is 5.82 Å². The van der Waals surface area contributed by atoms with Gasteiger partial charge in [0, 0.05) is 12.5 Å². The topological polar surface area (TPSA) is 69.4 Å². The molecule has 2 heterocycles. The Hall–Kier alpha value is -0.750. The zero-order valence-electron chi connectivity index (χ0n) is 9.08. The summed E-state index contributed by atoms with van der Waals surface area (Å²) in [6.45, 7) is 2.02. The van der Waals surface area contributed by atoms with Crippen molar-refractivity contribution >= 4 is 29.0 Å². The van der Waals surface area contributed by atoms with Crippen LogP contribution >= 0.6 is 23.2 Å². The molecular weight excluding hydrogens is 265 g/mol. The molecule has 1 saturated heterocycles. The van der Waals surface area contributed by atoms with Gasteiger partial charge in [0.1, 0.15) is 5.02 Å². The second-order valence-corrected chi connectivity index (χ2v) is 4.61. The van der Waals surface area contributed by atoms with Gasteiger partial charge in [-0.05, 0) is 12.5 Å². The Kier molecular flexibility index (Phi) is 4.28. The number of hydrogen-bond donors (Lipinski definition) is 2. The van der Waals surface area contributed by atoms with E-state index in [1.54, 1.807) is 6.07 Å². The van der Waals surface area contributed by atoms with Crippen LogP contribution < -0.4 is 16.0 Å². The van der Waals surface area contributed by atoms with Crippen LogP contribution in [-0.2, 0) is 4.74 Å². The highest BCUT2D eigenvalue weighted by Gasteiger charge is 2.18. The Morgan fingerprint density at radius 1 is 1.53 bits per heavy atom. The lowest BCUT2D eigenvalue weighted by Crippen LogP contribution is -2.14. The number of anilines is 1. The van der Waals surface area contributed by atoms with Crippen molar-refractivity contribution in [3.8, 4) is 5.88 Å². The lowest BCUT2D eigenvalue weighted by Gasteiger charge is -2.12. The van der Waals surface area contributed by atoms with Gasteiger partial charge in [0.15, 0.2) is 5.82 Å². The molecule has 0 radical (unpaired) electrons. The summed E-state index contributed by atoms with van der Waals surface area (Å²) in [5, 5.41) is 0.724. The van der Waals surface area contributed by atoms with Crippen molar-refractivity contribution in [1.29, 1.82) is 0 Å². The van der Waals surface area contributed by atoms with Crippen molar-refractivity contribution < 1.29 is 9.47 Å². The van der Waals surface area contributed by atoms with Crippen molar-refractivity contribution in [2.45, 2.75) is 6.42 Å². The molecule has 1 aliphatic rings. The predicted molar refractivity (Wildman–Crippen MR) is 66.5 cm³/mol. The highest BCUT2D eigenvalue weighted by atomic mass is 35.5. The van der Waals surface area contributed by atoms with E-state index in [1.807, 2.05) is 0 Å². The van der Waals surface area contributed by atoms with Gasteiger partial charge in [-0.1, -0.05) is 23.2 Å². The van der Waals surface area contributed by atoms with Gasteiger partial charge in [0.05, 0.1) is 18.2 Å². The van der Waals surface area contributed by atoms with Crippen LogP contribution in [0.2, 0.25) is 10.0 Å². The largest absolute Gasteiger partial charge is 0.476 e. The number of hydrazine groups is 1. The minimum absolute atomic E-state index is 0.330. The molecule has 2 rings (SSSR count). The Morgan fingerprint density at radius 2 is 2.35 bits per heavy atom. The van der Waals surface area contributed by atoms with Crippen LogP contribution in [0.3, 0.4) is 0 Å². The maximum atomic E-state index is 5.97. The second-order valence-electron chi connectivity index (χ2n) is 3.79. The fourth-order valence-corrected chi connectivity index (χ4v) is 2.03. The molecule has 0 amide bonds. The number of nitrogens with zero attached hydrogens (tertiary/aromatic N) is 1. The zero-order chi connectivity index (χ0) is 12.3. The SMILES string of the molecule is NNc1nc(OCC2CCOC2)c(Cl)cc1Cl. The van der Waals surface area contributed by atoms with E-state index >= 15 is 0 Å². The Balaban J connectivity index is 2.03. The smallest absolute Gasteiger partial charge is 0.234 e. The lowest BCUT2D eigenvalue weighted by atomic mass is 10.1. The van der Waals surface area contributed by atoms with Gasteiger partial charge in [-0.2, -0.15) is 4.98 Å². The Morgan fingerprint density at radius 3 is 3.00 bits per heavy atom. The first-order valence-corrected chi connectivity index (χ1v) is 5.99. The van der Waals surface area contributed by atoms with Gasteiger partial charge in [-0.15, -0.1) is 0 Å². The molecule has 0 saturated carbocycles. The summed E-state index contributed by atoms with van der Waals surface area (Å²) in [6.07, 6.45) is 0.993. The summed E-state index contributed by atoms with van der Waals surface area (Å²) in [5.41, 5.74) is 2.38. The molecule has 1 fully saturated rings. The average Bonchev–Trinajstić information content (AvgIpc) is 2.81. The molecular formula is C10H13Cl2N3O2. The number of rotatable bonds is 4. The van der Waals surface area contributed by atoms with Crippen LogP contribution in [0.5, 0.6) is 5.88 Å². The summed E-state index contributed by atoms with van der Waals surface area (Å²) in [4.78, 5) is 4.09. The minimum atomic E-state index is 0.330. The molecule has 0 bridgehead atoms. The van der Waals surface area contributed by atoms with Crippen LogP contribution in [0.15, 0.2) is 6.07 Å². The first kappa shape index (κ1) is 12.7. The fourth-order valence-electron chi connectivity index (χ4n) is 1.56. The summed E-state index contributed by atoms with van der Waals surface area (Å²) in [5.74, 6) is 6.33. The minimum Gasteiger partial charge on any atom is -0.476 e. The first-order valence-electron chi connectivity index (χ1n) is 5.24. The zero-order valence-corrected chi connectivity index (χ0v) is 10.6. The van der Waals surface area contributed by atoms with Gasteiger partial charge >= 0.3 is 0 Å². The maximum Gasteiger partial charge on any atom is 0.234 e. The third-order valence-corrected chi connectivity index (χ3v) is 3.07. The Bertz CT molecular complexity index is 397. The van der Waals surface area contributed by atoms with E-state index < -0.39 is 0 Å². The van der Waals surface area contributed by atoms with E-state index in [0.717, 1.165) is 13.0 Å². The molecule has 0 aromatic carbocycles. The average molecular weight is 278 g/mol. The van der Waals surface area contributed by atoms with E-state index in [1.165, 1.54) is 0 Å². The highest BCUT2D eigenvalue weighted by Crippen LogP contribution is 2.30. The number of nitrogens with one attached hydrogen (secondary N) is 1. The predicted octanol–water partition coefficient (Wildman–Crippen LogP) is 2.09. The van der Waals surface area contributed by atoms with Crippen LogP contribution in [0, 0.1) is 5.92 Å². The third-order valence-electron chi connectivity index (χ3n) is 2.51. The number of pyridine rings is 1. The number of hydrogen-bond acceptors (Lipinski definition) is 5. The van der Waals surface area contributed by atoms with Crippen molar-refractivity contribution in [3.05, 3.63) is 16.1 Å². The van der Waals surface area contributed by atoms with E-state index in [9.17, 15) is 0 Å². The van der Waals surface area contributed by atoms with Gasteiger partial charge < -0.3 is 14.9 Å². The van der Waals surface area contributed by atoms with Gasteiger partial charge in [-0.25, -0.2) is 5.84 Å². The molecule has 1 aromatic rings. The lowest BCUT2D eigenvalue weighted by molar-refractivity contribution is 0.165. The molecule has 3 N–H and O–H groups in total. The van der Waals surface area contributed by atoms with Crippen molar-refractivity contribution in [3.63, 3.8) is 0 Å². The maximum absolute atomic E-state index is 5.97. The molecule has 1 aliphatic heterocycles. The molecule has 94 valence electrons. The first-order chi connectivity index (χ1) is 8.20. The third kappa shape index (κ3) is 3.13. The number of halogens is 2. The Labute approximate surface area is 109 Å². The summed E-state index contributed by atoms with van der Waals surface area (Å²) in [7, 11) is 0. The second kappa shape index (κ2) is 5.73. The van der Waals surface area contributed by atoms with Crippen LogP contribution in [0.1, 0.15) is 6.42 Å². The molecule has 1 aromatic heterocycles. The van der Waals surface area contributed by atoms with Gasteiger partial charge in [0.25, 0.3) is 0 Å². The van der Waals surface area contributed by atoms with E-state index in [0.29, 0.717) is 40.9 Å². The van der Waals surface area contributed by atoms with Gasteiger partial charge in [-0.3, -0.25) is 0 Å². The molecule has 0 aliphatic carbocycles. The number of ether oxygens (including phenoxy) is 2. The standard InChI is InChI=1S/C10H13Cl2N3O2/c11-7-3-8(12)10(14-9(7)15-13)17-5-6-1-2-16-4-6/h3,6H,1-2,4-5,13H2,(H,14,15). The fraction of sp³-hybridized carbons (Fsp3) is 0.500. The molecule has 17 heavy (non-hydrogen) atoms. The molecule has 1 atom stereocenters. The van der Waals surface area contributed by atoms with Crippen molar-refractivity contribution in [2.24, 2.45) is 11.8 Å². The van der Waals surface area contributed by atoms with E-state index in [2.05, 4.69) is 10.4 Å². The number of aromatic nitrogens is 1. The van der Waals surface area contributed by atoms with E-state index in [4.69, 9.17) is 38.5 Å². The number of nitrogens with two attached hydrogens (primary N) is 1. The summed E-state index contributed by atoms with van der Waals surface area (Å²) in [6, 6.07) is 1.55. The molecule has 0 spiro atoms. The monoisotopic (exact) mass is 277 g/mol. The molecule has 1 unspecified atom stereocenters. The van der Waals surface area contributed by atoms with Crippen LogP contribution in [-0.4, -0.2) is 24.8 Å². The highest BCUT2D eigenvalue weighted by molar-refractivity contribution is 6.36. The van der Waals surface area contributed by atoms with E-state index in [-0.39, 0.29) is 0 Å². The number of nitrogen functional groups attached to an aromatic ring is 1. The normalized spacial score (nSPS) is 19.4. The summed E-state index contributed by atoms with van der Waals surface area (Å²) >= 11 is 11.8. The molecule has 5 nitrogen and oxygen atoms in total. The van der Waals surface area contributed by atoms with Crippen molar-refractivity contribution in [1.82, 2.24) is 4.98 Å². The van der Waals surface area contributed by atoms with Crippen molar-refractivity contribution in [2.75, 3.05) is 25.2 Å².